The summed E-state index contributed by atoms with van der Waals surface area (Å²) in [6.45, 7) is 4.00. The zero-order valence-corrected chi connectivity index (χ0v) is 26.7. The molecular formula is C31H32ClN3O10S. The maximum atomic E-state index is 14.3. The smallest absolute Gasteiger partial charge is 0.414 e. The van der Waals surface area contributed by atoms with Crippen molar-refractivity contribution in [3.8, 4) is 5.75 Å². The number of nitro benzene ring substituents is 1. The summed E-state index contributed by atoms with van der Waals surface area (Å²) >= 11 is 7.67. The fourth-order valence-electron chi connectivity index (χ4n) is 4.49. The summed E-state index contributed by atoms with van der Waals surface area (Å²) in [4.78, 5) is 61.1. The summed E-state index contributed by atoms with van der Waals surface area (Å²) in [5.74, 6) is -4.20. The molecule has 0 radical (unpaired) electrons. The van der Waals surface area contributed by atoms with Crippen LogP contribution in [-0.2, 0) is 19.1 Å². The zero-order valence-electron chi connectivity index (χ0n) is 25.1. The molecule has 1 amide bonds. The summed E-state index contributed by atoms with van der Waals surface area (Å²) in [6.07, 6.45) is -0.229. The quantitative estimate of drug-likeness (QED) is 0.125. The van der Waals surface area contributed by atoms with Crippen molar-refractivity contribution in [3.63, 3.8) is 0 Å². The molecule has 0 spiro atoms. The third-order valence-corrected chi connectivity index (χ3v) is 8.43. The van der Waals surface area contributed by atoms with Gasteiger partial charge in [0.2, 0.25) is 0 Å². The van der Waals surface area contributed by atoms with Gasteiger partial charge >= 0.3 is 17.9 Å². The second kappa shape index (κ2) is 16.6. The molecule has 46 heavy (non-hydrogen) atoms. The number of likely N-dealkylation sites (N-methyl/N-ethyl adjacent to an activating group) is 1. The van der Waals surface area contributed by atoms with Gasteiger partial charge in [-0.25, -0.2) is 14.4 Å². The number of ether oxygens (including phenoxy) is 2. The first-order valence-electron chi connectivity index (χ1n) is 13.9. The monoisotopic (exact) mass is 673 g/mol. The lowest BCUT2D eigenvalue weighted by atomic mass is 10.0. The number of benzene rings is 3. The van der Waals surface area contributed by atoms with Crippen LogP contribution < -0.4 is 9.64 Å². The highest BCUT2D eigenvalue weighted by Gasteiger charge is 2.41. The molecule has 0 fully saturated rings. The number of fused-ring (bicyclic) bond motifs is 1. The Labute approximate surface area is 273 Å². The van der Waals surface area contributed by atoms with Crippen LogP contribution in [0.25, 0.3) is 0 Å². The Balaban J connectivity index is 0.000000875. The molecule has 1 aliphatic rings. The second-order valence-corrected chi connectivity index (χ2v) is 11.5. The van der Waals surface area contributed by atoms with Crippen LogP contribution in [0.4, 0.5) is 11.4 Å². The number of anilines is 1. The van der Waals surface area contributed by atoms with Gasteiger partial charge in [-0.3, -0.25) is 14.9 Å². The minimum Gasteiger partial charge on any atom is -0.497 e. The SMILES string of the molecule is CCCN(C)CCN1C(=O)[C@H](OC(=O)c2ccc([N+](=O)[O-])cc2Cl)[C@H](c2ccc(OC)cc2)Sc2ccccc21.O=C(O)C(=O)O. The predicted octanol–water partition coefficient (Wildman–Crippen LogP) is 5.16. The van der Waals surface area contributed by atoms with Crippen LogP contribution in [0.3, 0.4) is 0 Å². The predicted molar refractivity (Wildman–Crippen MR) is 171 cm³/mol. The molecular weight excluding hydrogens is 642 g/mol. The van der Waals surface area contributed by atoms with Crippen LogP contribution >= 0.6 is 23.4 Å². The number of esters is 1. The molecule has 0 aromatic heterocycles. The van der Waals surface area contributed by atoms with E-state index in [2.05, 4.69) is 11.8 Å². The number of thioether (sulfide) groups is 1. The Morgan fingerprint density at radius 2 is 1.70 bits per heavy atom. The molecule has 0 aliphatic carbocycles. The van der Waals surface area contributed by atoms with Gasteiger partial charge in [0, 0.05) is 30.1 Å². The van der Waals surface area contributed by atoms with Crippen LogP contribution in [0.15, 0.2) is 71.6 Å². The molecule has 2 N–H and O–H groups in total. The summed E-state index contributed by atoms with van der Waals surface area (Å²) in [5.41, 5.74) is 1.20. The number of carbonyl (C=O) groups is 4. The van der Waals surface area contributed by atoms with E-state index in [0.29, 0.717) is 18.8 Å². The number of carboxylic acids is 2. The molecule has 0 saturated carbocycles. The van der Waals surface area contributed by atoms with E-state index >= 15 is 0 Å². The van der Waals surface area contributed by atoms with Gasteiger partial charge in [-0.05, 0) is 55.9 Å². The van der Waals surface area contributed by atoms with Gasteiger partial charge in [0.05, 0.1) is 33.6 Å². The Morgan fingerprint density at radius 1 is 1.04 bits per heavy atom. The minimum atomic E-state index is -1.82. The first-order chi connectivity index (χ1) is 21.9. The molecule has 15 heteroatoms. The molecule has 1 aliphatic heterocycles. The summed E-state index contributed by atoms with van der Waals surface area (Å²) < 4.78 is 11.2. The number of rotatable bonds is 10. The number of aliphatic carboxylic acids is 2. The number of para-hydroxylation sites is 1. The third kappa shape index (κ3) is 9.19. The third-order valence-electron chi connectivity index (χ3n) is 6.75. The van der Waals surface area contributed by atoms with E-state index in [-0.39, 0.29) is 22.2 Å². The second-order valence-electron chi connectivity index (χ2n) is 9.93. The first-order valence-corrected chi connectivity index (χ1v) is 15.1. The van der Waals surface area contributed by atoms with Gasteiger partial charge < -0.3 is 29.5 Å². The van der Waals surface area contributed by atoms with Crippen LogP contribution in [0.2, 0.25) is 5.02 Å². The van der Waals surface area contributed by atoms with Crippen molar-refractivity contribution >= 4 is 58.6 Å². The van der Waals surface area contributed by atoms with Crippen LogP contribution in [0, 0.1) is 10.1 Å². The number of non-ortho nitro benzene ring substituents is 1. The average Bonchev–Trinajstić information content (AvgIpc) is 3.14. The highest BCUT2D eigenvalue weighted by atomic mass is 35.5. The van der Waals surface area contributed by atoms with E-state index in [0.717, 1.165) is 35.2 Å². The molecule has 13 nitrogen and oxygen atoms in total. The lowest BCUT2D eigenvalue weighted by Gasteiger charge is -2.29. The van der Waals surface area contributed by atoms with Crippen molar-refractivity contribution in [2.24, 2.45) is 0 Å². The zero-order chi connectivity index (χ0) is 34.0. The Morgan fingerprint density at radius 3 is 2.26 bits per heavy atom. The number of hydrogen-bond acceptors (Lipinski definition) is 10. The number of carboxylic acid groups (broad SMARTS) is 2. The van der Waals surface area contributed by atoms with Crippen LogP contribution in [-0.4, -0.2) is 83.7 Å². The fraction of sp³-hybridized carbons (Fsp3) is 0.290. The normalized spacial score (nSPS) is 15.6. The molecule has 1 heterocycles. The Kier molecular flexibility index (Phi) is 12.9. The largest absolute Gasteiger partial charge is 0.497 e. The lowest BCUT2D eigenvalue weighted by Crippen LogP contribution is -2.45. The number of halogens is 1. The summed E-state index contributed by atoms with van der Waals surface area (Å²) in [5, 5.41) is 25.2. The molecule has 0 saturated heterocycles. The molecule has 2 atom stereocenters. The topological polar surface area (TPSA) is 177 Å². The van der Waals surface area contributed by atoms with E-state index in [9.17, 15) is 19.7 Å². The van der Waals surface area contributed by atoms with Crippen LogP contribution in [0.1, 0.15) is 34.5 Å². The van der Waals surface area contributed by atoms with Gasteiger partial charge in [0.25, 0.3) is 11.6 Å². The molecule has 3 aromatic rings. The van der Waals surface area contributed by atoms with E-state index in [1.807, 2.05) is 43.4 Å². The molecule has 4 rings (SSSR count). The minimum absolute atomic E-state index is 0.0606. The van der Waals surface area contributed by atoms with Crippen molar-refractivity contribution in [2.75, 3.05) is 38.7 Å². The van der Waals surface area contributed by atoms with E-state index in [1.165, 1.54) is 23.9 Å². The molecule has 0 unspecified atom stereocenters. The molecule has 244 valence electrons. The van der Waals surface area contributed by atoms with Crippen molar-refractivity contribution in [2.45, 2.75) is 29.6 Å². The number of nitro groups is 1. The van der Waals surface area contributed by atoms with Crippen molar-refractivity contribution in [1.29, 1.82) is 0 Å². The number of hydrogen-bond donors (Lipinski definition) is 2. The van der Waals surface area contributed by atoms with E-state index in [1.54, 1.807) is 24.1 Å². The van der Waals surface area contributed by atoms with Gasteiger partial charge in [0.1, 0.15) is 5.75 Å². The standard InChI is InChI=1S/C29H30ClN3O6S.C2H2O4/c1-4-15-31(2)16-17-32-24-7-5-6-8-25(24)40-27(19-9-12-21(38-3)13-10-19)26(28(32)34)39-29(35)22-14-11-20(33(36)37)18-23(22)30;3-1(4)2(5)6/h5-14,18,26-27H,4,15-17H2,1-3H3;(H,3,4)(H,5,6)/t26-,27+;/m1./s1. The van der Waals surface area contributed by atoms with Gasteiger partial charge in [-0.2, -0.15) is 0 Å². The average molecular weight is 674 g/mol. The molecule has 3 aromatic carbocycles. The lowest BCUT2D eigenvalue weighted by molar-refractivity contribution is -0.384. The van der Waals surface area contributed by atoms with Crippen LogP contribution in [0.5, 0.6) is 5.75 Å². The van der Waals surface area contributed by atoms with E-state index < -0.39 is 34.2 Å². The Hall–Kier alpha value is -4.66. The maximum Gasteiger partial charge on any atom is 0.414 e. The van der Waals surface area contributed by atoms with Gasteiger partial charge in [0.15, 0.2) is 6.10 Å². The molecule has 0 bridgehead atoms. The maximum absolute atomic E-state index is 14.3. The summed E-state index contributed by atoms with van der Waals surface area (Å²) in [6, 6.07) is 18.4. The van der Waals surface area contributed by atoms with Crippen molar-refractivity contribution < 1.29 is 43.8 Å². The number of methoxy groups -OCH3 is 1. The van der Waals surface area contributed by atoms with Gasteiger partial charge in [-0.15, -0.1) is 11.8 Å². The fourth-order valence-corrected chi connectivity index (χ4v) is 6.06. The number of nitrogens with zero attached hydrogens (tertiary/aromatic N) is 3. The highest BCUT2D eigenvalue weighted by molar-refractivity contribution is 7.99. The number of carbonyl (C=O) groups excluding carboxylic acids is 2. The number of amides is 1. The first kappa shape index (κ1) is 35.8. The highest BCUT2D eigenvalue weighted by Crippen LogP contribution is 2.47. The van der Waals surface area contributed by atoms with Gasteiger partial charge in [-0.1, -0.05) is 42.8 Å². The van der Waals surface area contributed by atoms with Crippen molar-refractivity contribution in [1.82, 2.24) is 4.90 Å². The summed E-state index contributed by atoms with van der Waals surface area (Å²) in [7, 11) is 3.57. The van der Waals surface area contributed by atoms with Crippen molar-refractivity contribution in [3.05, 3.63) is 93.0 Å². The Bertz CT molecular complexity index is 1570. The van der Waals surface area contributed by atoms with E-state index in [4.69, 9.17) is 40.9 Å².